The van der Waals surface area contributed by atoms with Crippen LogP contribution in [0.2, 0.25) is 0 Å². The van der Waals surface area contributed by atoms with Gasteiger partial charge < -0.3 is 23.7 Å². The zero-order valence-electron chi connectivity index (χ0n) is 16.8. The summed E-state index contributed by atoms with van der Waals surface area (Å²) in [6.45, 7) is 0.934. The Bertz CT molecular complexity index is 795. The highest BCUT2D eigenvalue weighted by molar-refractivity contribution is 5.57. The molecule has 146 valence electrons. The van der Waals surface area contributed by atoms with Crippen LogP contribution in [-0.4, -0.2) is 54.0 Å². The van der Waals surface area contributed by atoms with Crippen LogP contribution in [0, 0.1) is 0 Å². The molecule has 1 atom stereocenters. The average Bonchev–Trinajstić information content (AvgIpc) is 2.71. The van der Waals surface area contributed by atoms with Crippen LogP contribution >= 0.6 is 0 Å². The van der Waals surface area contributed by atoms with Gasteiger partial charge in [0.1, 0.15) is 0 Å². The number of likely N-dealkylation sites (N-methyl/N-ethyl adjacent to an activating group) is 1. The highest BCUT2D eigenvalue weighted by Gasteiger charge is 2.30. The third kappa shape index (κ3) is 3.37. The molecule has 0 amide bonds. The van der Waals surface area contributed by atoms with E-state index in [1.807, 2.05) is 12.1 Å². The third-order valence-electron chi connectivity index (χ3n) is 5.12. The largest absolute Gasteiger partial charge is 0.493 e. The highest BCUT2D eigenvalue weighted by Crippen LogP contribution is 2.45. The summed E-state index contributed by atoms with van der Waals surface area (Å²) in [5.74, 6) is 3.36. The van der Waals surface area contributed by atoms with Crippen LogP contribution in [0.15, 0.2) is 24.3 Å². The summed E-state index contributed by atoms with van der Waals surface area (Å²) in [7, 11) is 10.3. The smallest absolute Gasteiger partial charge is 0.203 e. The normalized spacial score (nSPS) is 16.4. The summed E-state index contributed by atoms with van der Waals surface area (Å²) in [6, 6.07) is 8.20. The maximum Gasteiger partial charge on any atom is 0.203 e. The molecule has 1 heterocycles. The molecule has 0 radical (unpaired) electrons. The summed E-state index contributed by atoms with van der Waals surface area (Å²) in [5, 5.41) is 0. The Hall–Kier alpha value is -2.60. The molecule has 0 aromatic heterocycles. The van der Waals surface area contributed by atoms with E-state index in [4.69, 9.17) is 23.7 Å². The van der Waals surface area contributed by atoms with Crippen LogP contribution < -0.4 is 23.7 Å². The Balaban J connectivity index is 2.18. The second-order valence-electron chi connectivity index (χ2n) is 6.50. The molecule has 27 heavy (non-hydrogen) atoms. The lowest BCUT2D eigenvalue weighted by molar-refractivity contribution is 0.260. The molecule has 0 saturated heterocycles. The minimum Gasteiger partial charge on any atom is -0.493 e. The number of fused-ring (bicyclic) bond motifs is 1. The molecule has 0 unspecified atom stereocenters. The maximum absolute atomic E-state index is 5.55. The first-order chi connectivity index (χ1) is 13.1. The Kier molecular flexibility index (Phi) is 5.65. The van der Waals surface area contributed by atoms with Crippen molar-refractivity contribution in [1.29, 1.82) is 0 Å². The van der Waals surface area contributed by atoms with Gasteiger partial charge in [0.25, 0.3) is 0 Å². The van der Waals surface area contributed by atoms with Crippen molar-refractivity contribution in [2.24, 2.45) is 0 Å². The second-order valence-corrected chi connectivity index (χ2v) is 6.50. The highest BCUT2D eigenvalue weighted by atomic mass is 16.5. The van der Waals surface area contributed by atoms with Crippen molar-refractivity contribution in [1.82, 2.24) is 4.90 Å². The Morgan fingerprint density at radius 2 is 1.30 bits per heavy atom. The summed E-state index contributed by atoms with van der Waals surface area (Å²) in [5.41, 5.74) is 3.51. The van der Waals surface area contributed by atoms with Crippen LogP contribution in [0.25, 0.3) is 0 Å². The molecule has 0 saturated carbocycles. The van der Waals surface area contributed by atoms with Crippen LogP contribution in [-0.2, 0) is 6.42 Å². The lowest BCUT2D eigenvalue weighted by Crippen LogP contribution is -2.33. The van der Waals surface area contributed by atoms with E-state index < -0.39 is 0 Å². The summed E-state index contributed by atoms with van der Waals surface area (Å²) in [4.78, 5) is 2.31. The van der Waals surface area contributed by atoms with E-state index in [1.165, 1.54) is 11.1 Å². The van der Waals surface area contributed by atoms with Crippen LogP contribution in [0.3, 0.4) is 0 Å². The predicted molar refractivity (Wildman–Crippen MR) is 104 cm³/mol. The number of nitrogens with zero attached hydrogens (tertiary/aromatic N) is 1. The van der Waals surface area contributed by atoms with Crippen LogP contribution in [0.1, 0.15) is 22.7 Å². The molecular weight excluding hydrogens is 346 g/mol. The van der Waals surface area contributed by atoms with E-state index in [1.54, 1.807) is 35.5 Å². The zero-order valence-corrected chi connectivity index (χ0v) is 16.8. The number of hydrogen-bond donors (Lipinski definition) is 0. The van der Waals surface area contributed by atoms with Gasteiger partial charge in [-0.2, -0.15) is 0 Å². The molecule has 3 rings (SSSR count). The fraction of sp³-hybridized carbons (Fsp3) is 0.429. The first kappa shape index (κ1) is 19.2. The van der Waals surface area contributed by atoms with E-state index in [2.05, 4.69) is 24.1 Å². The van der Waals surface area contributed by atoms with Gasteiger partial charge in [-0.25, -0.2) is 0 Å². The van der Waals surface area contributed by atoms with E-state index in [0.717, 1.165) is 30.0 Å². The molecule has 2 aromatic carbocycles. The quantitative estimate of drug-likeness (QED) is 0.774. The summed E-state index contributed by atoms with van der Waals surface area (Å²) < 4.78 is 27.6. The number of methoxy groups -OCH3 is 5. The van der Waals surface area contributed by atoms with Crippen molar-refractivity contribution in [2.45, 2.75) is 12.5 Å². The molecule has 2 aromatic rings. The monoisotopic (exact) mass is 373 g/mol. The van der Waals surface area contributed by atoms with E-state index >= 15 is 0 Å². The van der Waals surface area contributed by atoms with Gasteiger partial charge in [0.2, 0.25) is 5.75 Å². The SMILES string of the molecule is COc1cc2c(cc1OC)[C@H](c1cc(OC)c(OC)c(OC)c1)N(C)CC2. The van der Waals surface area contributed by atoms with Gasteiger partial charge in [0.15, 0.2) is 23.0 Å². The third-order valence-corrected chi connectivity index (χ3v) is 5.12. The average molecular weight is 373 g/mol. The van der Waals surface area contributed by atoms with Crippen LogP contribution in [0.5, 0.6) is 28.7 Å². The first-order valence-electron chi connectivity index (χ1n) is 8.82. The number of hydrogen-bond acceptors (Lipinski definition) is 6. The Labute approximate surface area is 160 Å². The Morgan fingerprint density at radius 1 is 0.741 bits per heavy atom. The van der Waals surface area contributed by atoms with Crippen molar-refractivity contribution >= 4 is 0 Å². The van der Waals surface area contributed by atoms with Crippen molar-refractivity contribution in [3.05, 3.63) is 41.0 Å². The van der Waals surface area contributed by atoms with Gasteiger partial charge in [-0.1, -0.05) is 0 Å². The van der Waals surface area contributed by atoms with Crippen molar-refractivity contribution in [3.63, 3.8) is 0 Å². The molecule has 6 heteroatoms. The molecule has 0 aliphatic carbocycles. The molecule has 1 aliphatic heterocycles. The van der Waals surface area contributed by atoms with E-state index in [0.29, 0.717) is 17.2 Å². The molecule has 0 N–H and O–H groups in total. The Morgan fingerprint density at radius 3 is 1.81 bits per heavy atom. The fourth-order valence-electron chi connectivity index (χ4n) is 3.76. The van der Waals surface area contributed by atoms with Gasteiger partial charge in [-0.05, 0) is 54.4 Å². The van der Waals surface area contributed by atoms with Crippen molar-refractivity contribution in [3.8, 4) is 28.7 Å². The maximum atomic E-state index is 5.55. The molecule has 6 nitrogen and oxygen atoms in total. The van der Waals surface area contributed by atoms with Crippen molar-refractivity contribution < 1.29 is 23.7 Å². The minimum absolute atomic E-state index is 0.0438. The molecule has 0 spiro atoms. The van der Waals surface area contributed by atoms with Gasteiger partial charge in [-0.3, -0.25) is 4.90 Å². The van der Waals surface area contributed by atoms with Crippen molar-refractivity contribution in [2.75, 3.05) is 49.1 Å². The van der Waals surface area contributed by atoms with Crippen LogP contribution in [0.4, 0.5) is 0 Å². The number of benzene rings is 2. The lowest BCUT2D eigenvalue weighted by Gasteiger charge is -2.36. The molecular formula is C21H27NO5. The van der Waals surface area contributed by atoms with Gasteiger partial charge in [-0.15, -0.1) is 0 Å². The topological polar surface area (TPSA) is 49.4 Å². The summed E-state index contributed by atoms with van der Waals surface area (Å²) in [6.07, 6.45) is 0.952. The number of rotatable bonds is 6. The second kappa shape index (κ2) is 7.96. The zero-order chi connectivity index (χ0) is 19.6. The predicted octanol–water partition coefficient (Wildman–Crippen LogP) is 3.31. The molecule has 1 aliphatic rings. The van der Waals surface area contributed by atoms with Gasteiger partial charge >= 0.3 is 0 Å². The molecule has 0 bridgehead atoms. The van der Waals surface area contributed by atoms with Gasteiger partial charge in [0.05, 0.1) is 41.6 Å². The first-order valence-corrected chi connectivity index (χ1v) is 8.82. The van der Waals surface area contributed by atoms with E-state index in [9.17, 15) is 0 Å². The molecule has 0 fully saturated rings. The number of ether oxygens (including phenoxy) is 5. The summed E-state index contributed by atoms with van der Waals surface area (Å²) >= 11 is 0. The van der Waals surface area contributed by atoms with E-state index in [-0.39, 0.29) is 6.04 Å². The minimum atomic E-state index is 0.0438. The standard InChI is InChI=1S/C21H27NO5/c1-22-8-7-13-9-16(23-2)17(24-3)12-15(13)20(22)14-10-18(25-4)21(27-6)19(11-14)26-5/h9-12,20H,7-8H2,1-6H3/t20-/m0/s1. The van der Waals surface area contributed by atoms with Gasteiger partial charge in [0, 0.05) is 6.54 Å². The lowest BCUT2D eigenvalue weighted by atomic mass is 9.87. The fourth-order valence-corrected chi connectivity index (χ4v) is 3.76.